The summed E-state index contributed by atoms with van der Waals surface area (Å²) in [6.45, 7) is 2.76. The number of methoxy groups -OCH3 is 1. The van der Waals surface area contributed by atoms with Crippen LogP contribution in [0.2, 0.25) is 0 Å². The molecule has 1 aromatic heterocycles. The van der Waals surface area contributed by atoms with Gasteiger partial charge in [0.1, 0.15) is 11.6 Å². The smallest absolute Gasteiger partial charge is 0.328 e. The minimum atomic E-state index is -1.10. The van der Waals surface area contributed by atoms with E-state index in [1.165, 1.54) is 18.1 Å². The van der Waals surface area contributed by atoms with Crippen molar-refractivity contribution in [3.63, 3.8) is 0 Å². The summed E-state index contributed by atoms with van der Waals surface area (Å²) in [6.07, 6.45) is 0.297. The van der Waals surface area contributed by atoms with E-state index in [0.29, 0.717) is 25.0 Å². The number of urea groups is 1. The minimum Gasteiger partial charge on any atom is -0.494 e. The van der Waals surface area contributed by atoms with Gasteiger partial charge in [-0.2, -0.15) is 0 Å². The average Bonchev–Trinajstić information content (AvgIpc) is 3.26. The number of hydrogen-bond acceptors (Lipinski definition) is 5. The first-order valence-electron chi connectivity index (χ1n) is 11.3. The molecule has 3 amide bonds. The first-order chi connectivity index (χ1) is 16.4. The Hall–Kier alpha value is -3.43. The fraction of sp³-hybridized carbons (Fsp3) is 0.360. The highest BCUT2D eigenvalue weighted by Gasteiger charge is 2.60. The summed E-state index contributed by atoms with van der Waals surface area (Å²) >= 11 is 0. The zero-order valence-corrected chi connectivity index (χ0v) is 19.1. The first kappa shape index (κ1) is 22.4. The third-order valence-electron chi connectivity index (χ3n) is 6.85. The normalized spacial score (nSPS) is 21.8. The number of hydrogen-bond donors (Lipinski definition) is 3. The fourth-order valence-corrected chi connectivity index (χ4v) is 5.25. The number of ether oxygens (including phenoxy) is 1. The lowest BCUT2D eigenvalue weighted by molar-refractivity contribution is -0.133. The zero-order valence-electron chi connectivity index (χ0n) is 19.1. The number of rotatable bonds is 7. The van der Waals surface area contributed by atoms with Gasteiger partial charge in [-0.25, -0.2) is 9.18 Å². The van der Waals surface area contributed by atoms with E-state index in [0.717, 1.165) is 22.2 Å². The molecular weight excluding hydrogens is 439 g/mol. The quantitative estimate of drug-likeness (QED) is 0.367. The van der Waals surface area contributed by atoms with Gasteiger partial charge in [0.05, 0.1) is 13.7 Å². The predicted molar refractivity (Wildman–Crippen MR) is 124 cm³/mol. The van der Waals surface area contributed by atoms with E-state index in [-0.39, 0.29) is 30.8 Å². The minimum absolute atomic E-state index is 0.0202. The molecule has 0 spiro atoms. The molecule has 3 aromatic rings. The van der Waals surface area contributed by atoms with Crippen LogP contribution in [-0.2, 0) is 11.2 Å². The van der Waals surface area contributed by atoms with Crippen molar-refractivity contribution in [1.29, 1.82) is 0 Å². The van der Waals surface area contributed by atoms with Crippen molar-refractivity contribution in [2.24, 2.45) is 0 Å². The highest BCUT2D eigenvalue weighted by Crippen LogP contribution is 2.49. The van der Waals surface area contributed by atoms with Gasteiger partial charge in [0, 0.05) is 48.7 Å². The van der Waals surface area contributed by atoms with Gasteiger partial charge in [0.2, 0.25) is 0 Å². The molecule has 0 saturated carbocycles. The molecule has 1 fully saturated rings. The van der Waals surface area contributed by atoms with E-state index in [9.17, 15) is 14.0 Å². The number of aromatic nitrogens is 1. The van der Waals surface area contributed by atoms with E-state index >= 15 is 0 Å². The van der Waals surface area contributed by atoms with Crippen LogP contribution >= 0.6 is 0 Å². The molecule has 0 bridgehead atoms. The van der Waals surface area contributed by atoms with Crippen molar-refractivity contribution in [3.8, 4) is 5.75 Å². The van der Waals surface area contributed by atoms with Crippen molar-refractivity contribution in [3.05, 3.63) is 65.1 Å². The lowest BCUT2D eigenvalue weighted by Crippen LogP contribution is -2.53. The Morgan fingerprint density at radius 2 is 2.00 bits per heavy atom. The Bertz CT molecular complexity index is 1260. The van der Waals surface area contributed by atoms with E-state index in [1.54, 1.807) is 17.9 Å². The van der Waals surface area contributed by atoms with Crippen LogP contribution in [0, 0.1) is 5.82 Å². The van der Waals surface area contributed by atoms with Crippen molar-refractivity contribution >= 4 is 22.8 Å². The molecule has 3 N–H and O–H groups in total. The van der Waals surface area contributed by atoms with Gasteiger partial charge < -0.3 is 20.1 Å². The molecule has 178 valence electrons. The van der Waals surface area contributed by atoms with Crippen LogP contribution in [0.4, 0.5) is 9.18 Å². The summed E-state index contributed by atoms with van der Waals surface area (Å²) in [5.41, 5.74) is 2.00. The summed E-state index contributed by atoms with van der Waals surface area (Å²) in [5.74, 6) is -0.618. The molecule has 2 aliphatic heterocycles. The Balaban J connectivity index is 1.65. The van der Waals surface area contributed by atoms with Gasteiger partial charge in [-0.1, -0.05) is 30.3 Å². The number of benzene rings is 2. The van der Waals surface area contributed by atoms with Crippen molar-refractivity contribution in [2.45, 2.75) is 24.9 Å². The molecule has 2 aromatic carbocycles. The summed E-state index contributed by atoms with van der Waals surface area (Å²) in [5, 5.41) is 12.8. The lowest BCUT2D eigenvalue weighted by atomic mass is 9.81. The SMILES string of the molecule is COc1cc2c3c([nH]c2cc1F)[C@@H](c1ccccc1)N1C(=O)N(CCNCCO)C(=O)[C@]1(C)C3. The third kappa shape index (κ3) is 3.26. The van der Waals surface area contributed by atoms with Gasteiger partial charge in [-0.3, -0.25) is 14.6 Å². The van der Waals surface area contributed by atoms with Crippen LogP contribution in [0.15, 0.2) is 42.5 Å². The highest BCUT2D eigenvalue weighted by atomic mass is 19.1. The monoisotopic (exact) mass is 466 g/mol. The highest BCUT2D eigenvalue weighted by molar-refractivity contribution is 6.08. The molecule has 0 radical (unpaired) electrons. The van der Waals surface area contributed by atoms with Crippen molar-refractivity contribution < 1.29 is 23.8 Å². The van der Waals surface area contributed by atoms with E-state index in [1.807, 2.05) is 30.3 Å². The van der Waals surface area contributed by atoms with Crippen LogP contribution in [0.25, 0.3) is 10.9 Å². The van der Waals surface area contributed by atoms with E-state index in [2.05, 4.69) is 10.3 Å². The van der Waals surface area contributed by atoms with E-state index < -0.39 is 17.4 Å². The molecule has 0 unspecified atom stereocenters. The average molecular weight is 467 g/mol. The number of nitrogens with one attached hydrogen (secondary N) is 2. The molecule has 34 heavy (non-hydrogen) atoms. The summed E-state index contributed by atoms with van der Waals surface area (Å²) in [4.78, 5) is 33.6. The number of halogens is 1. The second-order valence-corrected chi connectivity index (χ2v) is 8.90. The van der Waals surface area contributed by atoms with Crippen LogP contribution in [0.1, 0.15) is 29.8 Å². The molecule has 2 atom stereocenters. The standard InChI is InChI=1S/C25H27FN4O4/c1-25-14-17-16-12-20(34-2)18(26)13-19(16)28-21(17)22(15-6-4-3-5-7-15)30(25)24(33)29(23(25)32)10-8-27-9-11-31/h3-7,12-13,22,27-28,31H,8-11,14H2,1-2H3/t22-,25+/m1/s1. The summed E-state index contributed by atoms with van der Waals surface area (Å²) < 4.78 is 19.7. The van der Waals surface area contributed by atoms with Gasteiger partial charge >= 0.3 is 6.03 Å². The van der Waals surface area contributed by atoms with Crippen molar-refractivity contribution in [2.75, 3.05) is 33.4 Å². The maximum atomic E-state index is 14.5. The molecule has 3 heterocycles. The Labute approximate surface area is 196 Å². The predicted octanol–water partition coefficient (Wildman–Crippen LogP) is 2.57. The van der Waals surface area contributed by atoms with Gasteiger partial charge in [0.15, 0.2) is 11.6 Å². The molecule has 0 aliphatic carbocycles. The molecule has 9 heteroatoms. The molecule has 2 aliphatic rings. The second kappa shape index (κ2) is 8.41. The number of aliphatic hydroxyl groups is 1. The summed E-state index contributed by atoms with van der Waals surface area (Å²) in [6, 6.07) is 11.7. The maximum absolute atomic E-state index is 14.5. The Morgan fingerprint density at radius 1 is 1.24 bits per heavy atom. The number of nitrogens with zero attached hydrogens (tertiary/aromatic N) is 2. The molecule has 1 saturated heterocycles. The van der Waals surface area contributed by atoms with Crippen LogP contribution in [0.5, 0.6) is 5.75 Å². The number of H-pyrrole nitrogens is 1. The van der Waals surface area contributed by atoms with Gasteiger partial charge in [0.25, 0.3) is 5.91 Å². The zero-order chi connectivity index (χ0) is 24.0. The van der Waals surface area contributed by atoms with Gasteiger partial charge in [-0.15, -0.1) is 0 Å². The number of amides is 3. The maximum Gasteiger partial charge on any atom is 0.328 e. The van der Waals surface area contributed by atoms with Crippen LogP contribution < -0.4 is 10.1 Å². The fourth-order valence-electron chi connectivity index (χ4n) is 5.25. The number of imide groups is 1. The number of aromatic amines is 1. The number of aliphatic hydroxyl groups excluding tert-OH is 1. The van der Waals surface area contributed by atoms with Crippen LogP contribution in [-0.4, -0.2) is 70.7 Å². The Kier molecular flexibility index (Phi) is 5.53. The molecule has 8 nitrogen and oxygen atoms in total. The first-order valence-corrected chi connectivity index (χ1v) is 11.3. The summed E-state index contributed by atoms with van der Waals surface area (Å²) in [7, 11) is 1.42. The van der Waals surface area contributed by atoms with Crippen LogP contribution in [0.3, 0.4) is 0 Å². The third-order valence-corrected chi connectivity index (χ3v) is 6.85. The second-order valence-electron chi connectivity index (χ2n) is 8.90. The number of carbonyl (C=O) groups excluding carboxylic acids is 2. The Morgan fingerprint density at radius 3 is 2.71 bits per heavy atom. The van der Waals surface area contributed by atoms with E-state index in [4.69, 9.17) is 9.84 Å². The molecule has 5 rings (SSSR count). The topological polar surface area (TPSA) is 97.9 Å². The molecular formula is C25H27FN4O4. The van der Waals surface area contributed by atoms with Gasteiger partial charge in [-0.05, 0) is 24.1 Å². The lowest BCUT2D eigenvalue weighted by Gasteiger charge is -2.42. The van der Waals surface area contributed by atoms with Crippen molar-refractivity contribution in [1.82, 2.24) is 20.1 Å². The number of carbonyl (C=O) groups is 2. The number of fused-ring (bicyclic) bond motifs is 4. The largest absolute Gasteiger partial charge is 0.494 e.